The molecule has 0 radical (unpaired) electrons. The van der Waals surface area contributed by atoms with Crippen molar-refractivity contribution in [2.45, 2.75) is 19.1 Å². The van der Waals surface area contributed by atoms with E-state index in [9.17, 15) is 27.6 Å². The molecule has 0 spiro atoms. The van der Waals surface area contributed by atoms with Crippen molar-refractivity contribution in [1.29, 1.82) is 0 Å². The molecule has 3 aliphatic rings. The Morgan fingerprint density at radius 3 is 2.62 bits per heavy atom. The van der Waals surface area contributed by atoms with Crippen molar-refractivity contribution in [2.75, 3.05) is 55.8 Å². The Hall–Kier alpha value is -4.26. The standard InChI is InChI=1S/C27H25F3N4O6/c1-14-13-39-25-22(30)20(29)9-17-23(25)33(14)12-18(24(17)35)26(36)31-10-16-11-34(27(37)40-16)15-2-3-21(19(28)8-15)32-4-6-38-7-5-32/h2-3,8-9,12,14,16H,4-7,10-11,13H2,1H3,(H,31,36)/t14?,16-/m0/s1. The summed E-state index contributed by atoms with van der Waals surface area (Å²) >= 11 is 0. The molecule has 10 nitrogen and oxygen atoms in total. The molecule has 0 saturated carbocycles. The number of carbonyl (C=O) groups is 2. The Balaban J connectivity index is 1.17. The number of amides is 2. The number of halogens is 3. The Bertz CT molecular complexity index is 1590. The number of nitrogens with one attached hydrogen (secondary N) is 1. The highest BCUT2D eigenvalue weighted by atomic mass is 19.2. The van der Waals surface area contributed by atoms with Crippen molar-refractivity contribution in [1.82, 2.24) is 9.88 Å². The van der Waals surface area contributed by atoms with Crippen LogP contribution in [0.1, 0.15) is 23.3 Å². The van der Waals surface area contributed by atoms with Gasteiger partial charge in [0, 0.05) is 19.3 Å². The SMILES string of the molecule is CC1COc2c(F)c(F)cc3c(=O)c(C(=O)NC[C@H]4CN(c5ccc(N6CCOCC6)c(F)c5)C(=O)O4)cn1c23. The van der Waals surface area contributed by atoms with Gasteiger partial charge in [-0.25, -0.2) is 13.6 Å². The van der Waals surface area contributed by atoms with Crippen LogP contribution < -0.4 is 25.3 Å². The molecule has 2 amide bonds. The van der Waals surface area contributed by atoms with Crippen LogP contribution in [0.25, 0.3) is 10.9 Å². The second-order valence-electron chi connectivity index (χ2n) is 9.90. The van der Waals surface area contributed by atoms with Gasteiger partial charge in [-0.2, -0.15) is 4.39 Å². The number of benzene rings is 2. The van der Waals surface area contributed by atoms with E-state index >= 15 is 0 Å². The Kier molecular flexibility index (Phi) is 6.53. The first-order chi connectivity index (χ1) is 19.2. The molecule has 4 heterocycles. The molecule has 1 unspecified atom stereocenters. The summed E-state index contributed by atoms with van der Waals surface area (Å²) in [6.45, 7) is 3.81. The Labute approximate surface area is 225 Å². The first-order valence-electron chi connectivity index (χ1n) is 12.8. The summed E-state index contributed by atoms with van der Waals surface area (Å²) in [6, 6.07) is 4.88. The number of nitrogens with zero attached hydrogens (tertiary/aromatic N) is 3. The number of hydrogen-bond donors (Lipinski definition) is 1. The predicted octanol–water partition coefficient (Wildman–Crippen LogP) is 2.96. The second kappa shape index (κ2) is 10.0. The second-order valence-corrected chi connectivity index (χ2v) is 9.90. The van der Waals surface area contributed by atoms with Gasteiger partial charge in [-0.05, 0) is 31.2 Å². The van der Waals surface area contributed by atoms with Gasteiger partial charge in [0.2, 0.25) is 11.2 Å². The lowest BCUT2D eigenvalue weighted by Gasteiger charge is -2.29. The number of pyridine rings is 1. The van der Waals surface area contributed by atoms with Crippen LogP contribution in [0, 0.1) is 17.5 Å². The van der Waals surface area contributed by atoms with E-state index in [-0.39, 0.29) is 48.0 Å². The van der Waals surface area contributed by atoms with Gasteiger partial charge < -0.3 is 29.0 Å². The number of rotatable bonds is 5. The van der Waals surface area contributed by atoms with Crippen LogP contribution >= 0.6 is 0 Å². The van der Waals surface area contributed by atoms with E-state index in [1.807, 2.05) is 4.90 Å². The highest BCUT2D eigenvalue weighted by Crippen LogP contribution is 2.35. The van der Waals surface area contributed by atoms with E-state index in [4.69, 9.17) is 14.2 Å². The molecule has 40 heavy (non-hydrogen) atoms. The summed E-state index contributed by atoms with van der Waals surface area (Å²) in [5.74, 6) is -4.08. The first-order valence-corrected chi connectivity index (χ1v) is 12.8. The van der Waals surface area contributed by atoms with E-state index in [0.717, 1.165) is 6.07 Å². The fraction of sp³-hybridized carbons (Fsp3) is 0.370. The summed E-state index contributed by atoms with van der Waals surface area (Å²) in [4.78, 5) is 41.8. The average Bonchev–Trinajstić information content (AvgIpc) is 3.33. The van der Waals surface area contributed by atoms with Gasteiger partial charge in [-0.15, -0.1) is 0 Å². The van der Waals surface area contributed by atoms with Gasteiger partial charge in [0.05, 0.1) is 54.6 Å². The topological polar surface area (TPSA) is 102 Å². The van der Waals surface area contributed by atoms with Gasteiger partial charge in [-0.1, -0.05) is 0 Å². The van der Waals surface area contributed by atoms with Crippen LogP contribution in [0.2, 0.25) is 0 Å². The monoisotopic (exact) mass is 558 g/mol. The molecule has 3 aromatic rings. The normalized spacial score (nSPS) is 20.4. The van der Waals surface area contributed by atoms with Gasteiger partial charge >= 0.3 is 6.09 Å². The molecule has 1 aromatic heterocycles. The number of carbonyl (C=O) groups excluding carboxylic acids is 2. The zero-order valence-electron chi connectivity index (χ0n) is 21.4. The minimum absolute atomic E-state index is 0.0221. The number of cyclic esters (lactones) is 1. The molecule has 210 valence electrons. The molecular weight excluding hydrogens is 533 g/mol. The largest absolute Gasteiger partial charge is 0.486 e. The third-order valence-electron chi connectivity index (χ3n) is 7.31. The Morgan fingerprint density at radius 1 is 1.10 bits per heavy atom. The van der Waals surface area contributed by atoms with Crippen molar-refractivity contribution in [3.63, 3.8) is 0 Å². The zero-order valence-corrected chi connectivity index (χ0v) is 21.4. The fourth-order valence-electron chi connectivity index (χ4n) is 5.22. The molecule has 2 aromatic carbocycles. The average molecular weight is 559 g/mol. The van der Waals surface area contributed by atoms with Crippen molar-refractivity contribution < 1.29 is 37.0 Å². The molecule has 1 N–H and O–H groups in total. The van der Waals surface area contributed by atoms with Crippen LogP contribution in [0.15, 0.2) is 35.3 Å². The van der Waals surface area contributed by atoms with E-state index < -0.39 is 41.0 Å². The summed E-state index contributed by atoms with van der Waals surface area (Å²) in [6.07, 6.45) is -0.183. The van der Waals surface area contributed by atoms with Gasteiger partial charge in [0.1, 0.15) is 24.1 Å². The van der Waals surface area contributed by atoms with E-state index in [0.29, 0.717) is 37.7 Å². The minimum atomic E-state index is -1.26. The summed E-state index contributed by atoms with van der Waals surface area (Å²) in [5.41, 5.74) is -0.268. The third-order valence-corrected chi connectivity index (χ3v) is 7.31. The van der Waals surface area contributed by atoms with Gasteiger partial charge in [-0.3, -0.25) is 14.5 Å². The maximum absolute atomic E-state index is 14.9. The van der Waals surface area contributed by atoms with E-state index in [2.05, 4.69) is 5.32 Å². The molecule has 0 bridgehead atoms. The lowest BCUT2D eigenvalue weighted by atomic mass is 10.1. The van der Waals surface area contributed by atoms with Crippen LogP contribution in [0.3, 0.4) is 0 Å². The summed E-state index contributed by atoms with van der Waals surface area (Å²) < 4.78 is 60.8. The number of aromatic nitrogens is 1. The zero-order chi connectivity index (χ0) is 28.1. The quantitative estimate of drug-likeness (QED) is 0.514. The minimum Gasteiger partial charge on any atom is -0.486 e. The van der Waals surface area contributed by atoms with Gasteiger partial charge in [0.15, 0.2) is 11.6 Å². The smallest absolute Gasteiger partial charge is 0.414 e. The van der Waals surface area contributed by atoms with Crippen LogP contribution in [-0.2, 0) is 9.47 Å². The molecule has 13 heteroatoms. The number of anilines is 2. The van der Waals surface area contributed by atoms with Crippen molar-refractivity contribution in [3.8, 4) is 5.75 Å². The maximum atomic E-state index is 14.9. The molecule has 3 aliphatic heterocycles. The number of hydrogen-bond acceptors (Lipinski definition) is 7. The molecule has 2 atom stereocenters. The number of ether oxygens (including phenoxy) is 3. The fourth-order valence-corrected chi connectivity index (χ4v) is 5.22. The van der Waals surface area contributed by atoms with Crippen molar-refractivity contribution in [3.05, 3.63) is 63.7 Å². The van der Waals surface area contributed by atoms with Gasteiger partial charge in [0.25, 0.3) is 5.91 Å². The maximum Gasteiger partial charge on any atom is 0.414 e. The van der Waals surface area contributed by atoms with Crippen molar-refractivity contribution >= 4 is 34.3 Å². The highest BCUT2D eigenvalue weighted by Gasteiger charge is 2.34. The van der Waals surface area contributed by atoms with Crippen LogP contribution in [0.4, 0.5) is 29.3 Å². The van der Waals surface area contributed by atoms with Crippen LogP contribution in [-0.4, -0.2) is 68.7 Å². The third kappa shape index (κ3) is 4.39. The highest BCUT2D eigenvalue weighted by molar-refractivity contribution is 5.98. The molecule has 2 fully saturated rings. The lowest BCUT2D eigenvalue weighted by molar-refractivity contribution is 0.0914. The molecule has 6 rings (SSSR count). The lowest BCUT2D eigenvalue weighted by Crippen LogP contribution is -2.37. The van der Waals surface area contributed by atoms with Crippen molar-refractivity contribution in [2.24, 2.45) is 0 Å². The summed E-state index contributed by atoms with van der Waals surface area (Å²) in [5, 5.41) is 2.39. The predicted molar refractivity (Wildman–Crippen MR) is 138 cm³/mol. The van der Waals surface area contributed by atoms with E-state index in [1.54, 1.807) is 19.1 Å². The number of morpholine rings is 1. The molecule has 0 aliphatic carbocycles. The van der Waals surface area contributed by atoms with E-state index in [1.165, 1.54) is 21.7 Å². The first kappa shape index (κ1) is 26.0. The summed E-state index contributed by atoms with van der Waals surface area (Å²) in [7, 11) is 0. The van der Waals surface area contributed by atoms with Crippen LogP contribution in [0.5, 0.6) is 5.75 Å². The molecule has 2 saturated heterocycles. The Morgan fingerprint density at radius 2 is 1.88 bits per heavy atom. The molecular formula is C27H25F3N4O6.